The smallest absolute Gasteiger partial charge is 0.357 e. The molecule has 10 nitrogen and oxygen atoms in total. The second kappa shape index (κ2) is 12.1. The van der Waals surface area contributed by atoms with Crippen LogP contribution in [0.3, 0.4) is 0 Å². The van der Waals surface area contributed by atoms with Crippen LogP contribution >= 0.6 is 0 Å². The Labute approximate surface area is 215 Å². The van der Waals surface area contributed by atoms with Crippen molar-refractivity contribution in [1.82, 2.24) is 15.0 Å². The summed E-state index contributed by atoms with van der Waals surface area (Å²) in [6, 6.07) is 15.3. The van der Waals surface area contributed by atoms with Crippen molar-refractivity contribution < 1.29 is 32.3 Å². The molecular weight excluding hydrogens is 498 g/mol. The summed E-state index contributed by atoms with van der Waals surface area (Å²) in [5, 5.41) is 2.75. The molecule has 3 rings (SSSR count). The van der Waals surface area contributed by atoms with Crippen molar-refractivity contribution in [3.05, 3.63) is 89.2 Å². The molecule has 0 radical (unpaired) electrons. The summed E-state index contributed by atoms with van der Waals surface area (Å²) in [5.41, 5.74) is 1.04. The van der Waals surface area contributed by atoms with Gasteiger partial charge in [-0.05, 0) is 68.3 Å². The molecule has 0 atom stereocenters. The Morgan fingerprint density at radius 3 is 2.30 bits per heavy atom. The minimum atomic E-state index is -4.29. The van der Waals surface area contributed by atoms with E-state index in [4.69, 9.17) is 9.47 Å². The number of carbonyl (C=O) groups excluding carboxylic acids is 3. The number of hydrogen-bond acceptors (Lipinski definition) is 8. The summed E-state index contributed by atoms with van der Waals surface area (Å²) < 4.78 is 37.6. The third kappa shape index (κ3) is 7.61. The largest absolute Gasteiger partial charge is 0.497 e. The first kappa shape index (κ1) is 27.3. The molecule has 0 aliphatic rings. The van der Waals surface area contributed by atoms with E-state index < -0.39 is 27.8 Å². The molecule has 11 heteroatoms. The van der Waals surface area contributed by atoms with Gasteiger partial charge in [-0.1, -0.05) is 18.2 Å². The van der Waals surface area contributed by atoms with E-state index in [1.807, 2.05) is 29.0 Å². The van der Waals surface area contributed by atoms with Crippen molar-refractivity contribution in [2.24, 2.45) is 0 Å². The lowest BCUT2D eigenvalue weighted by atomic mass is 10.1. The summed E-state index contributed by atoms with van der Waals surface area (Å²) in [5.74, 6) is -1.32. The number of rotatable bonds is 10. The van der Waals surface area contributed by atoms with Crippen molar-refractivity contribution in [2.75, 3.05) is 13.7 Å². The van der Waals surface area contributed by atoms with Gasteiger partial charge >= 0.3 is 5.97 Å². The zero-order chi connectivity index (χ0) is 27.0. The number of ether oxygens (including phenoxy) is 2. The van der Waals surface area contributed by atoms with Crippen molar-refractivity contribution >= 4 is 27.8 Å². The summed E-state index contributed by atoms with van der Waals surface area (Å²) in [6.07, 6.45) is 1.31. The van der Waals surface area contributed by atoms with E-state index in [2.05, 4.69) is 10.3 Å². The molecule has 0 aliphatic carbocycles. The molecule has 0 saturated carbocycles. The van der Waals surface area contributed by atoms with Gasteiger partial charge in [0.15, 0.2) is 0 Å². The van der Waals surface area contributed by atoms with Crippen LogP contribution in [-0.2, 0) is 21.2 Å². The lowest BCUT2D eigenvalue weighted by molar-refractivity contribution is 0.0370. The summed E-state index contributed by atoms with van der Waals surface area (Å²) in [4.78, 5) is 40.5. The van der Waals surface area contributed by atoms with Crippen LogP contribution in [0.2, 0.25) is 0 Å². The minimum Gasteiger partial charge on any atom is -0.497 e. The maximum absolute atomic E-state index is 12.8. The fraction of sp³-hybridized carbons (Fsp3) is 0.231. The second-order valence-corrected chi connectivity index (χ2v) is 9.89. The van der Waals surface area contributed by atoms with Crippen molar-refractivity contribution in [3.63, 3.8) is 0 Å². The number of pyridine rings is 1. The molecule has 0 spiro atoms. The van der Waals surface area contributed by atoms with Crippen LogP contribution in [0.25, 0.3) is 0 Å². The number of sulfonamides is 1. The van der Waals surface area contributed by atoms with Gasteiger partial charge in [0.1, 0.15) is 11.4 Å². The van der Waals surface area contributed by atoms with Gasteiger partial charge in [0.25, 0.3) is 21.8 Å². The monoisotopic (exact) mass is 525 g/mol. The molecule has 0 bridgehead atoms. The van der Waals surface area contributed by atoms with Crippen LogP contribution in [0.1, 0.15) is 50.6 Å². The number of aromatic nitrogens is 1. The molecule has 0 unspecified atom stereocenters. The molecule has 2 amide bonds. The number of esters is 1. The van der Waals surface area contributed by atoms with Crippen LogP contribution in [0.15, 0.2) is 71.8 Å². The van der Waals surface area contributed by atoms with E-state index in [1.165, 1.54) is 36.4 Å². The highest BCUT2D eigenvalue weighted by Gasteiger charge is 2.21. The Hall–Kier alpha value is -4.25. The first-order chi connectivity index (χ1) is 17.6. The lowest BCUT2D eigenvalue weighted by Crippen LogP contribution is -2.31. The third-order valence-electron chi connectivity index (χ3n) is 5.07. The first-order valence-electron chi connectivity index (χ1n) is 11.3. The maximum atomic E-state index is 12.8. The van der Waals surface area contributed by atoms with Crippen LogP contribution in [0.4, 0.5) is 0 Å². The Kier molecular flexibility index (Phi) is 8.96. The highest BCUT2D eigenvalue weighted by Crippen LogP contribution is 2.14. The molecule has 3 aromatic rings. The number of benzene rings is 2. The number of hydrogen-bond donors (Lipinski definition) is 2. The van der Waals surface area contributed by atoms with Gasteiger partial charge < -0.3 is 14.8 Å². The highest BCUT2D eigenvalue weighted by molar-refractivity contribution is 7.90. The standard InChI is InChI=1S/C26H27N3O7S/c1-17(2)36-26(32)23-12-9-20(16-28-23)25(31)29-37(33,34)22-6-4-5-19(15-22)24(30)27-14-13-18-7-10-21(35-3)11-8-18/h4-12,15-17H,13-14H2,1-3H3,(H,27,30)(H,29,31). The predicted octanol–water partition coefficient (Wildman–Crippen LogP) is 2.75. The van der Waals surface area contributed by atoms with Gasteiger partial charge in [-0.25, -0.2) is 22.9 Å². The van der Waals surface area contributed by atoms with Crippen LogP contribution in [0.5, 0.6) is 5.75 Å². The van der Waals surface area contributed by atoms with Gasteiger partial charge in [-0.3, -0.25) is 9.59 Å². The van der Waals surface area contributed by atoms with E-state index in [0.29, 0.717) is 13.0 Å². The van der Waals surface area contributed by atoms with Crippen molar-refractivity contribution in [1.29, 1.82) is 0 Å². The SMILES string of the molecule is COc1ccc(CCNC(=O)c2cccc(S(=O)(=O)NC(=O)c3ccc(C(=O)OC(C)C)nc3)c2)cc1. The fourth-order valence-corrected chi connectivity index (χ4v) is 4.20. The quantitative estimate of drug-likeness (QED) is 0.385. The minimum absolute atomic E-state index is 0.0150. The first-order valence-corrected chi connectivity index (χ1v) is 12.8. The Bertz CT molecular complexity index is 1370. The molecule has 0 fully saturated rings. The second-order valence-electron chi connectivity index (χ2n) is 8.20. The molecule has 2 N–H and O–H groups in total. The van der Waals surface area contributed by atoms with E-state index in [-0.39, 0.29) is 27.8 Å². The maximum Gasteiger partial charge on any atom is 0.357 e. The van der Waals surface area contributed by atoms with Crippen molar-refractivity contribution in [3.8, 4) is 5.75 Å². The van der Waals surface area contributed by atoms with Gasteiger partial charge in [-0.2, -0.15) is 0 Å². The Morgan fingerprint density at radius 1 is 0.946 bits per heavy atom. The zero-order valence-electron chi connectivity index (χ0n) is 20.6. The molecule has 194 valence electrons. The molecule has 1 heterocycles. The van der Waals surface area contributed by atoms with Crippen LogP contribution in [0, 0.1) is 0 Å². The lowest BCUT2D eigenvalue weighted by Gasteiger charge is -2.10. The van der Waals surface area contributed by atoms with Crippen molar-refractivity contribution in [2.45, 2.75) is 31.3 Å². The molecule has 0 saturated heterocycles. The average Bonchev–Trinajstić information content (AvgIpc) is 2.88. The van der Waals surface area contributed by atoms with E-state index in [1.54, 1.807) is 21.0 Å². The van der Waals surface area contributed by atoms with Gasteiger partial charge in [0.2, 0.25) is 0 Å². The van der Waals surface area contributed by atoms with Crippen LogP contribution in [-0.4, -0.2) is 50.9 Å². The molecule has 37 heavy (non-hydrogen) atoms. The zero-order valence-corrected chi connectivity index (χ0v) is 21.4. The summed E-state index contributed by atoms with van der Waals surface area (Å²) in [6.45, 7) is 3.71. The molecule has 0 aliphatic heterocycles. The molecule has 2 aromatic carbocycles. The predicted molar refractivity (Wildman–Crippen MR) is 135 cm³/mol. The number of amides is 2. The number of nitrogens with zero attached hydrogens (tertiary/aromatic N) is 1. The number of carbonyl (C=O) groups is 3. The van der Waals surface area contributed by atoms with Gasteiger partial charge in [0.05, 0.1) is 23.7 Å². The summed E-state index contributed by atoms with van der Waals surface area (Å²) in [7, 11) is -2.71. The summed E-state index contributed by atoms with van der Waals surface area (Å²) >= 11 is 0. The number of methoxy groups -OCH3 is 1. The molecular formula is C26H27N3O7S. The fourth-order valence-electron chi connectivity index (χ4n) is 3.18. The van der Waals surface area contributed by atoms with E-state index in [9.17, 15) is 22.8 Å². The van der Waals surface area contributed by atoms with Gasteiger partial charge in [-0.15, -0.1) is 0 Å². The molecule has 1 aromatic heterocycles. The third-order valence-corrected chi connectivity index (χ3v) is 6.40. The van der Waals surface area contributed by atoms with E-state index >= 15 is 0 Å². The van der Waals surface area contributed by atoms with E-state index in [0.717, 1.165) is 17.5 Å². The van der Waals surface area contributed by atoms with Gasteiger partial charge in [0, 0.05) is 18.3 Å². The highest BCUT2D eigenvalue weighted by atomic mass is 32.2. The average molecular weight is 526 g/mol. The Balaban J connectivity index is 1.61. The normalized spacial score (nSPS) is 11.0. The number of nitrogens with one attached hydrogen (secondary N) is 2. The topological polar surface area (TPSA) is 141 Å². The van der Waals surface area contributed by atoms with Crippen LogP contribution < -0.4 is 14.8 Å². The Morgan fingerprint density at radius 2 is 1.68 bits per heavy atom.